The third-order valence-corrected chi connectivity index (χ3v) is 5.72. The maximum Gasteiger partial charge on any atom is 0.282 e. The molecule has 0 aromatic carbocycles. The van der Waals surface area contributed by atoms with Crippen LogP contribution in [0.15, 0.2) is 36.5 Å². The molecule has 2 N–H and O–H groups in total. The lowest BCUT2D eigenvalue weighted by Gasteiger charge is -2.13. The Kier molecular flexibility index (Phi) is 5.89. The molecule has 3 aromatic heterocycles. The van der Waals surface area contributed by atoms with E-state index >= 15 is 0 Å². The van der Waals surface area contributed by atoms with Gasteiger partial charge in [0.1, 0.15) is 0 Å². The van der Waals surface area contributed by atoms with Crippen molar-refractivity contribution in [2.24, 2.45) is 0 Å². The molecule has 4 rings (SSSR count). The van der Waals surface area contributed by atoms with Crippen LogP contribution in [0.2, 0.25) is 0 Å². The number of aromatic nitrogens is 5. The SMILES string of the molecule is CNC(=O)c1nnc(N2CCC(c3ccc(NC(=O)Cc4ccccn4)nn3)C2)s1. The number of carbonyl (C=O) groups excluding carboxylic acids is 2. The van der Waals surface area contributed by atoms with Gasteiger partial charge in [-0.05, 0) is 30.7 Å². The summed E-state index contributed by atoms with van der Waals surface area (Å²) in [7, 11) is 1.57. The van der Waals surface area contributed by atoms with Crippen molar-refractivity contribution in [3.63, 3.8) is 0 Å². The minimum absolute atomic E-state index is 0.182. The summed E-state index contributed by atoms with van der Waals surface area (Å²) >= 11 is 1.27. The number of nitrogens with zero attached hydrogens (tertiary/aromatic N) is 6. The van der Waals surface area contributed by atoms with Gasteiger partial charge in [-0.3, -0.25) is 14.6 Å². The average Bonchev–Trinajstić information content (AvgIpc) is 3.44. The molecule has 0 radical (unpaired) electrons. The molecule has 0 spiro atoms. The molecule has 1 saturated heterocycles. The predicted molar refractivity (Wildman–Crippen MR) is 111 cm³/mol. The number of nitrogens with one attached hydrogen (secondary N) is 2. The molecule has 11 heteroatoms. The number of rotatable bonds is 6. The molecule has 2 amide bonds. The Balaban J connectivity index is 1.33. The number of amides is 2. The van der Waals surface area contributed by atoms with Gasteiger partial charge >= 0.3 is 0 Å². The second kappa shape index (κ2) is 8.91. The van der Waals surface area contributed by atoms with Crippen LogP contribution in [0, 0.1) is 0 Å². The van der Waals surface area contributed by atoms with Crippen molar-refractivity contribution in [3.8, 4) is 0 Å². The molecular formula is C19H20N8O2S. The molecule has 10 nitrogen and oxygen atoms in total. The highest BCUT2D eigenvalue weighted by Crippen LogP contribution is 2.31. The second-order valence-electron chi connectivity index (χ2n) is 6.79. The lowest BCUT2D eigenvalue weighted by Crippen LogP contribution is -2.19. The van der Waals surface area contributed by atoms with Gasteiger partial charge in [-0.15, -0.1) is 15.3 Å². The second-order valence-corrected chi connectivity index (χ2v) is 7.75. The standard InChI is InChI=1S/C19H20N8O2S/c1-20-17(29)18-25-26-19(30-18)27-9-7-12(11-27)14-5-6-15(24-23-14)22-16(28)10-13-4-2-3-8-21-13/h2-6,8,12H,7,9-11H2,1H3,(H,20,29)(H,22,24,28). The van der Waals surface area contributed by atoms with Gasteiger partial charge in [0.05, 0.1) is 12.1 Å². The summed E-state index contributed by atoms with van der Waals surface area (Å²) in [6, 6.07) is 9.09. The van der Waals surface area contributed by atoms with Gasteiger partial charge in [0, 0.05) is 37.9 Å². The molecule has 1 aliphatic rings. The zero-order chi connectivity index (χ0) is 20.9. The average molecular weight is 424 g/mol. The van der Waals surface area contributed by atoms with E-state index in [9.17, 15) is 9.59 Å². The zero-order valence-electron chi connectivity index (χ0n) is 16.3. The van der Waals surface area contributed by atoms with E-state index in [1.165, 1.54) is 11.3 Å². The molecule has 0 aliphatic carbocycles. The van der Waals surface area contributed by atoms with Crippen molar-refractivity contribution in [2.75, 3.05) is 30.4 Å². The van der Waals surface area contributed by atoms with E-state index in [0.717, 1.165) is 30.3 Å². The number of carbonyl (C=O) groups is 2. The maximum absolute atomic E-state index is 12.1. The first-order chi connectivity index (χ1) is 14.6. The summed E-state index contributed by atoms with van der Waals surface area (Å²) < 4.78 is 0. The summed E-state index contributed by atoms with van der Waals surface area (Å²) in [6.45, 7) is 1.53. The highest BCUT2D eigenvalue weighted by Gasteiger charge is 2.28. The number of hydrogen-bond donors (Lipinski definition) is 2. The monoisotopic (exact) mass is 424 g/mol. The maximum atomic E-state index is 12.1. The van der Waals surface area contributed by atoms with Gasteiger partial charge in [0.15, 0.2) is 5.82 Å². The molecule has 30 heavy (non-hydrogen) atoms. The largest absolute Gasteiger partial charge is 0.353 e. The van der Waals surface area contributed by atoms with Gasteiger partial charge < -0.3 is 15.5 Å². The molecule has 1 atom stereocenters. The first-order valence-corrected chi connectivity index (χ1v) is 10.3. The third kappa shape index (κ3) is 4.57. The van der Waals surface area contributed by atoms with E-state index < -0.39 is 0 Å². The van der Waals surface area contributed by atoms with Crippen molar-refractivity contribution >= 4 is 34.1 Å². The van der Waals surface area contributed by atoms with Crippen LogP contribution in [0.1, 0.15) is 33.5 Å². The van der Waals surface area contributed by atoms with Gasteiger partial charge in [-0.1, -0.05) is 17.4 Å². The molecular weight excluding hydrogens is 404 g/mol. The molecule has 154 valence electrons. The summed E-state index contributed by atoms with van der Waals surface area (Å²) in [5.74, 6) is 0.184. The fourth-order valence-electron chi connectivity index (χ4n) is 3.20. The van der Waals surface area contributed by atoms with Crippen LogP contribution < -0.4 is 15.5 Å². The van der Waals surface area contributed by atoms with E-state index in [4.69, 9.17) is 0 Å². The van der Waals surface area contributed by atoms with Crippen molar-refractivity contribution in [1.29, 1.82) is 0 Å². The Morgan fingerprint density at radius 3 is 2.80 bits per heavy atom. The van der Waals surface area contributed by atoms with Gasteiger partial charge in [0.25, 0.3) is 5.91 Å². The Bertz CT molecular complexity index is 1020. The van der Waals surface area contributed by atoms with E-state index in [1.54, 1.807) is 25.4 Å². The Labute approximate surface area is 176 Å². The van der Waals surface area contributed by atoms with Gasteiger partial charge in [0.2, 0.25) is 16.0 Å². The lowest BCUT2D eigenvalue weighted by molar-refractivity contribution is -0.115. The Morgan fingerprint density at radius 1 is 1.17 bits per heavy atom. The summed E-state index contributed by atoms with van der Waals surface area (Å²) in [4.78, 5) is 30.0. The molecule has 1 unspecified atom stereocenters. The molecule has 0 bridgehead atoms. The number of anilines is 2. The van der Waals surface area contributed by atoms with Crippen LogP contribution in [0.3, 0.4) is 0 Å². The topological polar surface area (TPSA) is 126 Å². The minimum Gasteiger partial charge on any atom is -0.353 e. The molecule has 3 aromatic rings. The molecule has 1 fully saturated rings. The fourth-order valence-corrected chi connectivity index (χ4v) is 4.02. The van der Waals surface area contributed by atoms with E-state index in [-0.39, 0.29) is 24.2 Å². The van der Waals surface area contributed by atoms with Crippen LogP contribution in [-0.2, 0) is 11.2 Å². The highest BCUT2D eigenvalue weighted by molar-refractivity contribution is 7.17. The van der Waals surface area contributed by atoms with E-state index in [0.29, 0.717) is 16.5 Å². The van der Waals surface area contributed by atoms with Crippen LogP contribution >= 0.6 is 11.3 Å². The minimum atomic E-state index is -0.235. The Morgan fingerprint density at radius 2 is 2.07 bits per heavy atom. The van der Waals surface area contributed by atoms with Gasteiger partial charge in [-0.25, -0.2) is 0 Å². The summed E-state index contributed by atoms with van der Waals surface area (Å²) in [5.41, 5.74) is 1.55. The highest BCUT2D eigenvalue weighted by atomic mass is 32.1. The third-order valence-electron chi connectivity index (χ3n) is 4.73. The zero-order valence-corrected chi connectivity index (χ0v) is 17.1. The lowest BCUT2D eigenvalue weighted by atomic mass is 10.1. The molecule has 4 heterocycles. The summed E-state index contributed by atoms with van der Waals surface area (Å²) in [6.07, 6.45) is 2.74. The Hall–Kier alpha value is -3.47. The molecule has 0 saturated carbocycles. The quantitative estimate of drug-likeness (QED) is 0.606. The van der Waals surface area contributed by atoms with Crippen molar-refractivity contribution in [1.82, 2.24) is 30.7 Å². The van der Waals surface area contributed by atoms with Crippen LogP contribution in [0.5, 0.6) is 0 Å². The van der Waals surface area contributed by atoms with Crippen LogP contribution in [0.4, 0.5) is 10.9 Å². The van der Waals surface area contributed by atoms with Crippen molar-refractivity contribution < 1.29 is 9.59 Å². The normalized spacial score (nSPS) is 15.8. The van der Waals surface area contributed by atoms with E-state index in [1.807, 2.05) is 18.2 Å². The van der Waals surface area contributed by atoms with Crippen LogP contribution in [0.25, 0.3) is 0 Å². The number of hydrogen-bond acceptors (Lipinski definition) is 9. The number of pyridine rings is 1. The summed E-state index contributed by atoms with van der Waals surface area (Å²) in [5, 5.41) is 22.9. The van der Waals surface area contributed by atoms with E-state index in [2.05, 4.69) is 40.9 Å². The van der Waals surface area contributed by atoms with Crippen molar-refractivity contribution in [2.45, 2.75) is 18.8 Å². The predicted octanol–water partition coefficient (Wildman–Crippen LogP) is 1.26. The first-order valence-electron chi connectivity index (χ1n) is 9.46. The fraction of sp³-hybridized carbons (Fsp3) is 0.316. The first kappa shape index (κ1) is 19.8. The smallest absolute Gasteiger partial charge is 0.282 e. The van der Waals surface area contributed by atoms with Gasteiger partial charge in [-0.2, -0.15) is 5.10 Å². The van der Waals surface area contributed by atoms with Crippen molar-refractivity contribution in [3.05, 3.63) is 52.9 Å². The van der Waals surface area contributed by atoms with Crippen LogP contribution in [-0.4, -0.2) is 57.3 Å². The molecule has 1 aliphatic heterocycles.